The molecule has 1 heterocycles. The van der Waals surface area contributed by atoms with Gasteiger partial charge in [-0.2, -0.15) is 0 Å². The number of carbonyl (C=O) groups excluding carboxylic acids is 1. The summed E-state index contributed by atoms with van der Waals surface area (Å²) in [6.45, 7) is 1.61. The van der Waals surface area contributed by atoms with Crippen LogP contribution in [0.15, 0.2) is 48.5 Å². The maximum absolute atomic E-state index is 13.0. The summed E-state index contributed by atoms with van der Waals surface area (Å²) < 4.78 is 13.0. The highest BCUT2D eigenvalue weighted by atomic mass is 19.1. The van der Waals surface area contributed by atoms with Gasteiger partial charge >= 0.3 is 5.97 Å². The third-order valence-electron chi connectivity index (χ3n) is 4.67. The van der Waals surface area contributed by atoms with Crippen LogP contribution in [0.1, 0.15) is 45.5 Å². The van der Waals surface area contributed by atoms with Crippen LogP contribution in [0.25, 0.3) is 0 Å². The number of carboxylic acid groups (broad SMARTS) is 1. The van der Waals surface area contributed by atoms with Crippen LogP contribution >= 0.6 is 0 Å². The number of likely N-dealkylation sites (tertiary alicyclic amines) is 1. The molecule has 4 nitrogen and oxygen atoms in total. The number of aromatic carboxylic acids is 1. The van der Waals surface area contributed by atoms with E-state index in [2.05, 4.69) is 4.90 Å². The van der Waals surface area contributed by atoms with Crippen LogP contribution in [0.5, 0.6) is 0 Å². The Labute approximate surface area is 145 Å². The van der Waals surface area contributed by atoms with Crippen LogP contribution in [0.2, 0.25) is 0 Å². The summed E-state index contributed by atoms with van der Waals surface area (Å²) in [6, 6.07) is 12.7. The molecule has 0 aromatic heterocycles. The molecule has 3 rings (SSSR count). The van der Waals surface area contributed by atoms with E-state index in [0.717, 1.165) is 24.9 Å². The maximum Gasteiger partial charge on any atom is 0.335 e. The molecule has 1 aliphatic heterocycles. The summed E-state index contributed by atoms with van der Waals surface area (Å²) in [5, 5.41) is 8.96. The molecule has 1 N–H and O–H groups in total. The quantitative estimate of drug-likeness (QED) is 0.813. The number of hydrogen-bond donors (Lipinski definition) is 1. The predicted molar refractivity (Wildman–Crippen MR) is 92.2 cm³/mol. The highest BCUT2D eigenvalue weighted by Crippen LogP contribution is 2.24. The van der Waals surface area contributed by atoms with Gasteiger partial charge < -0.3 is 5.11 Å². The maximum atomic E-state index is 13.0. The minimum Gasteiger partial charge on any atom is -0.478 e. The number of benzene rings is 2. The molecule has 1 atom stereocenters. The minimum atomic E-state index is -0.935. The first-order chi connectivity index (χ1) is 12.0. The van der Waals surface area contributed by atoms with Gasteiger partial charge in [0.15, 0.2) is 5.78 Å². The average molecular weight is 341 g/mol. The summed E-state index contributed by atoms with van der Waals surface area (Å²) in [5.74, 6) is -1.25. The lowest BCUT2D eigenvalue weighted by atomic mass is 10.0. The molecule has 1 unspecified atom stereocenters. The van der Waals surface area contributed by atoms with Gasteiger partial charge in [0.25, 0.3) is 0 Å². The Morgan fingerprint density at radius 3 is 2.32 bits per heavy atom. The molecule has 0 spiro atoms. The Bertz CT molecular complexity index is 756. The van der Waals surface area contributed by atoms with Gasteiger partial charge in [0.1, 0.15) is 5.82 Å². The number of halogens is 1. The zero-order chi connectivity index (χ0) is 17.8. The molecule has 2 aromatic carbocycles. The van der Waals surface area contributed by atoms with E-state index in [4.69, 9.17) is 5.11 Å². The first kappa shape index (κ1) is 17.3. The number of hydrogen-bond acceptors (Lipinski definition) is 3. The van der Waals surface area contributed by atoms with E-state index in [-0.39, 0.29) is 23.2 Å². The largest absolute Gasteiger partial charge is 0.478 e. The van der Waals surface area contributed by atoms with Gasteiger partial charge in [-0.1, -0.05) is 12.1 Å². The third kappa shape index (κ3) is 4.31. The smallest absolute Gasteiger partial charge is 0.335 e. The SMILES string of the molecule is O=C(O)c1ccc(CN2CCCC2CC(=O)c2ccc(F)cc2)cc1. The van der Waals surface area contributed by atoms with Crippen LogP contribution in [0.3, 0.4) is 0 Å². The molecule has 0 bridgehead atoms. The van der Waals surface area contributed by atoms with Crippen LogP contribution in [-0.4, -0.2) is 34.3 Å². The first-order valence-corrected chi connectivity index (χ1v) is 8.38. The molecule has 1 fully saturated rings. The van der Waals surface area contributed by atoms with Crippen molar-refractivity contribution in [2.75, 3.05) is 6.54 Å². The zero-order valence-electron chi connectivity index (χ0n) is 13.8. The Hall–Kier alpha value is -2.53. The van der Waals surface area contributed by atoms with Gasteiger partial charge in [-0.05, 0) is 61.3 Å². The Morgan fingerprint density at radius 2 is 1.68 bits per heavy atom. The van der Waals surface area contributed by atoms with Gasteiger partial charge in [0.05, 0.1) is 5.56 Å². The molecule has 0 amide bonds. The van der Waals surface area contributed by atoms with Crippen LogP contribution < -0.4 is 0 Å². The lowest BCUT2D eigenvalue weighted by Crippen LogP contribution is -2.31. The first-order valence-electron chi connectivity index (χ1n) is 8.38. The van der Waals surface area contributed by atoms with Crippen molar-refractivity contribution < 1.29 is 19.1 Å². The number of rotatable bonds is 6. The van der Waals surface area contributed by atoms with Crippen molar-refractivity contribution in [3.05, 3.63) is 71.0 Å². The van der Waals surface area contributed by atoms with Gasteiger partial charge in [-0.15, -0.1) is 0 Å². The fourth-order valence-corrected chi connectivity index (χ4v) is 3.29. The Balaban J connectivity index is 1.63. The van der Waals surface area contributed by atoms with Crippen molar-refractivity contribution in [3.63, 3.8) is 0 Å². The second kappa shape index (κ2) is 7.57. The van der Waals surface area contributed by atoms with Crippen molar-refractivity contribution in [3.8, 4) is 0 Å². The number of Topliss-reactive ketones (excluding diaryl/α,β-unsaturated/α-hetero) is 1. The van der Waals surface area contributed by atoms with Crippen molar-refractivity contribution >= 4 is 11.8 Å². The van der Waals surface area contributed by atoms with E-state index in [1.165, 1.54) is 24.3 Å². The van der Waals surface area contributed by atoms with E-state index >= 15 is 0 Å². The molecule has 25 heavy (non-hydrogen) atoms. The summed E-state index contributed by atoms with van der Waals surface area (Å²) >= 11 is 0. The number of carbonyl (C=O) groups is 2. The Kier molecular flexibility index (Phi) is 5.24. The molecular formula is C20H20FNO3. The summed E-state index contributed by atoms with van der Waals surface area (Å²) in [5.41, 5.74) is 1.85. The topological polar surface area (TPSA) is 57.6 Å². The molecule has 0 aliphatic carbocycles. The second-order valence-electron chi connectivity index (χ2n) is 6.40. The van der Waals surface area contributed by atoms with E-state index in [9.17, 15) is 14.0 Å². The van der Waals surface area contributed by atoms with E-state index in [1.807, 2.05) is 12.1 Å². The second-order valence-corrected chi connectivity index (χ2v) is 6.40. The van der Waals surface area contributed by atoms with Gasteiger partial charge in [-0.25, -0.2) is 9.18 Å². The zero-order valence-corrected chi connectivity index (χ0v) is 13.8. The van der Waals surface area contributed by atoms with E-state index < -0.39 is 5.97 Å². The van der Waals surface area contributed by atoms with Crippen LogP contribution in [-0.2, 0) is 6.54 Å². The highest BCUT2D eigenvalue weighted by molar-refractivity contribution is 5.96. The molecule has 130 valence electrons. The molecule has 0 radical (unpaired) electrons. The monoisotopic (exact) mass is 341 g/mol. The average Bonchev–Trinajstić information content (AvgIpc) is 3.02. The standard InChI is InChI=1S/C20H20FNO3/c21-17-9-7-15(8-10-17)19(23)12-18-2-1-11-22(18)13-14-3-5-16(6-4-14)20(24)25/h3-10,18H,1-2,11-13H2,(H,24,25). The number of carboxylic acids is 1. The van der Waals surface area contributed by atoms with Gasteiger partial charge in [0, 0.05) is 24.6 Å². The number of nitrogens with zero attached hydrogens (tertiary/aromatic N) is 1. The van der Waals surface area contributed by atoms with Crippen molar-refractivity contribution in [1.29, 1.82) is 0 Å². The molecule has 0 saturated carbocycles. The van der Waals surface area contributed by atoms with E-state index in [1.54, 1.807) is 12.1 Å². The summed E-state index contributed by atoms with van der Waals surface area (Å²) in [4.78, 5) is 25.6. The lowest BCUT2D eigenvalue weighted by Gasteiger charge is -2.24. The fraction of sp³-hybridized carbons (Fsp3) is 0.300. The third-order valence-corrected chi connectivity index (χ3v) is 4.67. The van der Waals surface area contributed by atoms with E-state index in [0.29, 0.717) is 18.5 Å². The molecular weight excluding hydrogens is 321 g/mol. The Morgan fingerprint density at radius 1 is 1.04 bits per heavy atom. The molecule has 2 aromatic rings. The molecule has 1 saturated heterocycles. The highest BCUT2D eigenvalue weighted by Gasteiger charge is 2.27. The fourth-order valence-electron chi connectivity index (χ4n) is 3.29. The molecule has 1 aliphatic rings. The lowest BCUT2D eigenvalue weighted by molar-refractivity contribution is 0.0696. The van der Waals surface area contributed by atoms with Gasteiger partial charge in [-0.3, -0.25) is 9.69 Å². The summed E-state index contributed by atoms with van der Waals surface area (Å²) in [6.07, 6.45) is 2.41. The van der Waals surface area contributed by atoms with Crippen molar-refractivity contribution in [2.24, 2.45) is 0 Å². The number of ketones is 1. The predicted octanol–water partition coefficient (Wildman–Crippen LogP) is 3.76. The molecule has 5 heteroatoms. The van der Waals surface area contributed by atoms with Crippen LogP contribution in [0.4, 0.5) is 4.39 Å². The van der Waals surface area contributed by atoms with Crippen molar-refractivity contribution in [2.45, 2.75) is 31.8 Å². The van der Waals surface area contributed by atoms with Crippen molar-refractivity contribution in [1.82, 2.24) is 4.90 Å². The van der Waals surface area contributed by atoms with Crippen LogP contribution in [0, 0.1) is 5.82 Å². The normalized spacial score (nSPS) is 17.6. The summed E-state index contributed by atoms with van der Waals surface area (Å²) in [7, 11) is 0. The minimum absolute atomic E-state index is 0.0260. The van der Waals surface area contributed by atoms with Gasteiger partial charge in [0.2, 0.25) is 0 Å².